The van der Waals surface area contributed by atoms with Gasteiger partial charge in [-0.1, -0.05) is 6.92 Å². The number of aryl methyl sites for hydroxylation is 1. The van der Waals surface area contributed by atoms with Crippen molar-refractivity contribution in [3.8, 4) is 0 Å². The van der Waals surface area contributed by atoms with Gasteiger partial charge in [-0.05, 0) is 31.7 Å². The van der Waals surface area contributed by atoms with E-state index in [9.17, 15) is 18.0 Å². The van der Waals surface area contributed by atoms with Gasteiger partial charge in [0.05, 0.1) is 11.7 Å². The monoisotopic (exact) mass is 396 g/mol. The minimum atomic E-state index is -4.37. The maximum absolute atomic E-state index is 13.6. The average Bonchev–Trinajstić information content (AvgIpc) is 3.37. The Labute approximate surface area is 160 Å². The normalized spacial score (nSPS) is 24.9. The number of nitrogens with zero attached hydrogens (tertiary/aromatic N) is 5. The van der Waals surface area contributed by atoms with Crippen molar-refractivity contribution in [3.05, 3.63) is 29.7 Å². The van der Waals surface area contributed by atoms with Crippen molar-refractivity contribution in [2.45, 2.75) is 56.9 Å². The molecule has 3 atom stereocenters. The molecule has 7 nitrogen and oxygen atoms in total. The molecule has 0 aromatic carbocycles. The van der Waals surface area contributed by atoms with E-state index in [-0.39, 0.29) is 24.4 Å². The summed E-state index contributed by atoms with van der Waals surface area (Å²) in [6.45, 7) is 2.40. The predicted octanol–water partition coefficient (Wildman–Crippen LogP) is 3.29. The largest absolute Gasteiger partial charge is 0.410 e. The Morgan fingerprint density at radius 1 is 1.36 bits per heavy atom. The summed E-state index contributed by atoms with van der Waals surface area (Å²) >= 11 is 0. The number of fused-ring (bicyclic) bond motifs is 1. The molecule has 1 N–H and O–H groups in total. The molecule has 4 rings (SSSR count). The van der Waals surface area contributed by atoms with E-state index in [1.165, 1.54) is 0 Å². The average molecular weight is 396 g/mol. The molecule has 152 valence electrons. The van der Waals surface area contributed by atoms with Crippen LogP contribution in [0.25, 0.3) is 0 Å². The molecule has 2 aliphatic rings. The molecule has 4 heterocycles. The molecule has 1 fully saturated rings. The van der Waals surface area contributed by atoms with Crippen molar-refractivity contribution < 1.29 is 18.0 Å². The highest BCUT2D eigenvalue weighted by Crippen LogP contribution is 2.42. The van der Waals surface area contributed by atoms with Crippen molar-refractivity contribution in [1.29, 1.82) is 0 Å². The van der Waals surface area contributed by atoms with Crippen molar-refractivity contribution >= 4 is 11.7 Å². The number of aromatic nitrogens is 4. The Hall–Kier alpha value is -2.52. The molecule has 10 heteroatoms. The highest BCUT2D eigenvalue weighted by atomic mass is 19.4. The number of carbonyl (C=O) groups is 1. The van der Waals surface area contributed by atoms with Gasteiger partial charge in [-0.3, -0.25) is 9.48 Å². The smallest absolute Gasteiger partial charge is 0.367 e. The van der Waals surface area contributed by atoms with E-state index in [0.29, 0.717) is 36.6 Å². The van der Waals surface area contributed by atoms with Gasteiger partial charge >= 0.3 is 6.18 Å². The van der Waals surface area contributed by atoms with Crippen LogP contribution in [-0.2, 0) is 7.05 Å². The third-order valence-electron chi connectivity index (χ3n) is 5.57. The van der Waals surface area contributed by atoms with Crippen molar-refractivity contribution in [2.75, 3.05) is 11.9 Å². The summed E-state index contributed by atoms with van der Waals surface area (Å²) < 4.78 is 43.3. The number of amides is 1. The van der Waals surface area contributed by atoms with Gasteiger partial charge < -0.3 is 10.2 Å². The molecular formula is C18H23F3N6O. The number of halogens is 3. The van der Waals surface area contributed by atoms with E-state index in [4.69, 9.17) is 0 Å². The summed E-state index contributed by atoms with van der Waals surface area (Å²) in [6.07, 6.45) is -0.679. The van der Waals surface area contributed by atoms with Gasteiger partial charge in [-0.15, -0.1) is 0 Å². The number of anilines is 1. The van der Waals surface area contributed by atoms with Crippen LogP contribution in [0, 0.1) is 0 Å². The van der Waals surface area contributed by atoms with E-state index < -0.39 is 12.2 Å². The minimum Gasteiger partial charge on any atom is -0.367 e. The lowest BCUT2D eigenvalue weighted by atomic mass is 10.0. The Balaban J connectivity index is 1.64. The number of rotatable bonds is 3. The summed E-state index contributed by atoms with van der Waals surface area (Å²) in [5.41, 5.74) is 0.825. The molecule has 2 aliphatic heterocycles. The first-order valence-corrected chi connectivity index (χ1v) is 9.51. The van der Waals surface area contributed by atoms with Crippen molar-refractivity contribution in [3.63, 3.8) is 0 Å². The molecule has 0 radical (unpaired) electrons. The number of likely N-dealkylation sites (tertiary alicyclic amines) is 1. The molecular weight excluding hydrogens is 373 g/mol. The predicted molar refractivity (Wildman–Crippen MR) is 95.9 cm³/mol. The highest BCUT2D eigenvalue weighted by Gasteiger charge is 2.46. The van der Waals surface area contributed by atoms with Crippen LogP contribution in [0.4, 0.5) is 19.0 Å². The SMILES string of the molecule is CC[C@@H]1C[C@H](C(F)(F)F)n2nc(C3CCCN3C(=O)c3ccn(C)n3)cc2N1. The molecule has 0 spiro atoms. The lowest BCUT2D eigenvalue weighted by Crippen LogP contribution is -2.39. The van der Waals surface area contributed by atoms with Gasteiger partial charge in [0.15, 0.2) is 6.04 Å². The summed E-state index contributed by atoms with van der Waals surface area (Å²) in [4.78, 5) is 14.5. The van der Waals surface area contributed by atoms with Crippen LogP contribution in [0.2, 0.25) is 0 Å². The van der Waals surface area contributed by atoms with E-state index in [0.717, 1.165) is 11.1 Å². The second kappa shape index (κ2) is 6.82. The van der Waals surface area contributed by atoms with Gasteiger partial charge in [0.25, 0.3) is 5.91 Å². The third-order valence-corrected chi connectivity index (χ3v) is 5.57. The Morgan fingerprint density at radius 3 is 2.79 bits per heavy atom. The number of nitrogens with one attached hydrogen (secondary N) is 1. The summed E-state index contributed by atoms with van der Waals surface area (Å²) in [5, 5.41) is 11.6. The van der Waals surface area contributed by atoms with E-state index >= 15 is 0 Å². The standard InChI is InChI=1S/C18H23F3N6O/c1-3-11-9-15(18(19,20)21)27-16(22-11)10-13(24-27)14-5-4-7-26(14)17(28)12-6-8-25(2)23-12/h6,8,10-11,14-15,22H,3-5,7,9H2,1-2H3/t11-,14?,15-/m1/s1. The maximum Gasteiger partial charge on any atom is 0.410 e. The van der Waals surface area contributed by atoms with Gasteiger partial charge in [0, 0.05) is 31.9 Å². The summed E-state index contributed by atoms with van der Waals surface area (Å²) in [7, 11) is 1.73. The minimum absolute atomic E-state index is 0.0463. The number of carbonyl (C=O) groups excluding carboxylic acids is 1. The zero-order valence-electron chi connectivity index (χ0n) is 15.8. The van der Waals surface area contributed by atoms with E-state index in [1.54, 1.807) is 35.0 Å². The first-order chi connectivity index (χ1) is 13.3. The first kappa shape index (κ1) is 18.8. The molecule has 2 aromatic heterocycles. The van der Waals surface area contributed by atoms with Crippen LogP contribution in [0.3, 0.4) is 0 Å². The fourth-order valence-corrected chi connectivity index (χ4v) is 4.09. The second-order valence-electron chi connectivity index (χ2n) is 7.47. The third kappa shape index (κ3) is 3.24. The molecule has 1 saturated heterocycles. The second-order valence-corrected chi connectivity index (χ2v) is 7.47. The van der Waals surface area contributed by atoms with Crippen LogP contribution in [0.1, 0.15) is 60.9 Å². The highest BCUT2D eigenvalue weighted by molar-refractivity contribution is 5.92. The Kier molecular flexibility index (Phi) is 4.59. The topological polar surface area (TPSA) is 68.0 Å². The zero-order chi connectivity index (χ0) is 20.1. The van der Waals surface area contributed by atoms with E-state index in [1.807, 2.05) is 6.92 Å². The summed E-state index contributed by atoms with van der Waals surface area (Å²) in [5.74, 6) is 0.147. The molecule has 0 aliphatic carbocycles. The fourth-order valence-electron chi connectivity index (χ4n) is 4.09. The van der Waals surface area contributed by atoms with Gasteiger partial charge in [0.1, 0.15) is 11.5 Å². The van der Waals surface area contributed by atoms with Crippen LogP contribution in [0.5, 0.6) is 0 Å². The Morgan fingerprint density at radius 2 is 2.14 bits per heavy atom. The zero-order valence-corrected chi connectivity index (χ0v) is 15.8. The fraction of sp³-hybridized carbons (Fsp3) is 0.611. The molecule has 0 bridgehead atoms. The molecule has 1 unspecified atom stereocenters. The van der Waals surface area contributed by atoms with Crippen molar-refractivity contribution in [1.82, 2.24) is 24.5 Å². The number of alkyl halides is 3. The van der Waals surface area contributed by atoms with Gasteiger partial charge in [-0.2, -0.15) is 23.4 Å². The molecule has 28 heavy (non-hydrogen) atoms. The van der Waals surface area contributed by atoms with Gasteiger partial charge in [-0.25, -0.2) is 4.68 Å². The number of hydrogen-bond donors (Lipinski definition) is 1. The summed E-state index contributed by atoms with van der Waals surface area (Å²) in [6, 6.07) is 1.06. The maximum atomic E-state index is 13.6. The lowest BCUT2D eigenvalue weighted by Gasteiger charge is -2.32. The molecule has 0 saturated carbocycles. The van der Waals surface area contributed by atoms with Crippen molar-refractivity contribution in [2.24, 2.45) is 7.05 Å². The quantitative estimate of drug-likeness (QED) is 0.865. The molecule has 2 aromatic rings. The van der Waals surface area contributed by atoms with Crippen LogP contribution in [-0.4, -0.2) is 49.1 Å². The van der Waals surface area contributed by atoms with Gasteiger partial charge in [0.2, 0.25) is 0 Å². The Bertz CT molecular complexity index is 873. The lowest BCUT2D eigenvalue weighted by molar-refractivity contribution is -0.173. The first-order valence-electron chi connectivity index (χ1n) is 9.51. The van der Waals surface area contributed by atoms with Crippen LogP contribution in [0.15, 0.2) is 18.3 Å². The molecule has 1 amide bonds. The van der Waals surface area contributed by atoms with E-state index in [2.05, 4.69) is 15.5 Å². The van der Waals surface area contributed by atoms with Crippen LogP contribution < -0.4 is 5.32 Å². The number of hydrogen-bond acceptors (Lipinski definition) is 4. The van der Waals surface area contributed by atoms with Crippen LogP contribution >= 0.6 is 0 Å².